The minimum absolute atomic E-state index is 0.146. The maximum Gasteiger partial charge on any atom is 0.317 e. The Kier molecular flexibility index (Phi) is 5.78. The number of amides is 2. The molecule has 0 spiro atoms. The lowest BCUT2D eigenvalue weighted by atomic mass is 10.3. The van der Waals surface area contributed by atoms with Crippen LogP contribution in [0.25, 0.3) is 0 Å². The number of ether oxygens (including phenoxy) is 1. The number of urea groups is 1. The molecule has 1 rings (SSSR count). The van der Waals surface area contributed by atoms with Crippen LogP contribution in [-0.4, -0.2) is 18.3 Å². The van der Waals surface area contributed by atoms with Crippen LogP contribution in [0.5, 0.6) is 5.75 Å². The van der Waals surface area contributed by atoms with E-state index in [0.717, 1.165) is 6.42 Å². The second kappa shape index (κ2) is 7.11. The molecule has 0 aliphatic rings. The average Bonchev–Trinajstić information content (AvgIpc) is 2.31. The van der Waals surface area contributed by atoms with Gasteiger partial charge in [0.2, 0.25) is 0 Å². The van der Waals surface area contributed by atoms with Crippen LogP contribution >= 0.6 is 11.6 Å². The molecule has 0 aromatic heterocycles. The Bertz CT molecular complexity index is 381. The summed E-state index contributed by atoms with van der Waals surface area (Å²) in [5.74, 6) is 0.663. The summed E-state index contributed by atoms with van der Waals surface area (Å²) in [4.78, 5) is 11.5. The second-order valence-corrected chi connectivity index (χ2v) is 4.58. The Morgan fingerprint density at radius 1 is 1.28 bits per heavy atom. The summed E-state index contributed by atoms with van der Waals surface area (Å²) in [6, 6.07) is 6.91. The molecule has 5 heteroatoms. The summed E-state index contributed by atoms with van der Waals surface area (Å²) < 4.78 is 5.52. The van der Waals surface area contributed by atoms with Crippen LogP contribution in [0.2, 0.25) is 5.02 Å². The van der Waals surface area contributed by atoms with Gasteiger partial charge in [0.25, 0.3) is 0 Å². The smallest absolute Gasteiger partial charge is 0.317 e. The second-order valence-electron chi connectivity index (χ2n) is 4.14. The Labute approximate surface area is 113 Å². The third-order valence-corrected chi connectivity index (χ3v) is 2.70. The van der Waals surface area contributed by atoms with Gasteiger partial charge in [-0.05, 0) is 44.5 Å². The lowest BCUT2D eigenvalue weighted by Crippen LogP contribution is -2.46. The molecule has 0 aliphatic carbocycles. The molecule has 0 saturated carbocycles. The molecule has 100 valence electrons. The monoisotopic (exact) mass is 270 g/mol. The van der Waals surface area contributed by atoms with E-state index >= 15 is 0 Å². The van der Waals surface area contributed by atoms with Crippen LogP contribution in [0.1, 0.15) is 27.2 Å². The van der Waals surface area contributed by atoms with Crippen LogP contribution in [0, 0.1) is 0 Å². The standard InChI is InChI=1S/C13H19ClN2O2/c1-4-9(2)15-13(17)16-10(3)18-12-7-5-11(14)6-8-12/h5-10H,4H2,1-3H3,(H2,15,16,17). The predicted octanol–water partition coefficient (Wildman–Crippen LogP) is 3.16. The average molecular weight is 271 g/mol. The summed E-state index contributed by atoms with van der Waals surface area (Å²) in [6.07, 6.45) is 0.482. The van der Waals surface area contributed by atoms with Crippen LogP contribution in [-0.2, 0) is 0 Å². The maximum absolute atomic E-state index is 11.5. The van der Waals surface area contributed by atoms with E-state index in [9.17, 15) is 4.79 Å². The lowest BCUT2D eigenvalue weighted by Gasteiger charge is -2.18. The van der Waals surface area contributed by atoms with Gasteiger partial charge in [-0.1, -0.05) is 18.5 Å². The number of rotatable bonds is 5. The van der Waals surface area contributed by atoms with E-state index < -0.39 is 6.23 Å². The molecule has 0 heterocycles. The zero-order valence-corrected chi connectivity index (χ0v) is 11.6. The Hall–Kier alpha value is -1.42. The molecule has 0 radical (unpaired) electrons. The first-order valence-corrected chi connectivity index (χ1v) is 6.38. The molecule has 0 saturated heterocycles. The fraction of sp³-hybridized carbons (Fsp3) is 0.462. The highest BCUT2D eigenvalue weighted by Gasteiger charge is 2.09. The summed E-state index contributed by atoms with van der Waals surface area (Å²) in [7, 11) is 0. The lowest BCUT2D eigenvalue weighted by molar-refractivity contribution is 0.175. The molecule has 2 atom stereocenters. The molecule has 4 nitrogen and oxygen atoms in total. The molecule has 0 bridgehead atoms. The number of benzene rings is 1. The van der Waals surface area contributed by atoms with E-state index in [1.54, 1.807) is 31.2 Å². The first-order chi connectivity index (χ1) is 8.51. The molecule has 18 heavy (non-hydrogen) atoms. The van der Waals surface area contributed by atoms with Gasteiger partial charge in [-0.15, -0.1) is 0 Å². The quantitative estimate of drug-likeness (QED) is 0.808. The van der Waals surface area contributed by atoms with Crippen molar-refractivity contribution in [3.8, 4) is 5.75 Å². The number of carbonyl (C=O) groups is 1. The molecule has 1 aromatic rings. The predicted molar refractivity (Wildman–Crippen MR) is 73.0 cm³/mol. The van der Waals surface area contributed by atoms with E-state index in [2.05, 4.69) is 10.6 Å². The normalized spacial score (nSPS) is 13.6. The Morgan fingerprint density at radius 3 is 2.44 bits per heavy atom. The van der Waals surface area contributed by atoms with E-state index in [1.807, 2.05) is 13.8 Å². The third kappa shape index (κ3) is 5.27. The number of hydrogen-bond donors (Lipinski definition) is 2. The summed E-state index contributed by atoms with van der Waals surface area (Å²) in [6.45, 7) is 5.73. The van der Waals surface area contributed by atoms with Gasteiger partial charge in [-0.3, -0.25) is 0 Å². The Morgan fingerprint density at radius 2 is 1.89 bits per heavy atom. The highest BCUT2D eigenvalue weighted by molar-refractivity contribution is 6.30. The fourth-order valence-electron chi connectivity index (χ4n) is 1.30. The van der Waals surface area contributed by atoms with Crippen molar-refractivity contribution in [2.45, 2.75) is 39.5 Å². The largest absolute Gasteiger partial charge is 0.471 e. The molecular formula is C13H19ClN2O2. The van der Waals surface area contributed by atoms with Crippen molar-refractivity contribution in [1.29, 1.82) is 0 Å². The van der Waals surface area contributed by atoms with Crippen molar-refractivity contribution in [2.24, 2.45) is 0 Å². The maximum atomic E-state index is 11.5. The van der Waals surface area contributed by atoms with Crippen molar-refractivity contribution >= 4 is 17.6 Å². The minimum atomic E-state index is -0.407. The molecule has 2 unspecified atom stereocenters. The van der Waals surface area contributed by atoms with Gasteiger partial charge in [0.1, 0.15) is 5.75 Å². The van der Waals surface area contributed by atoms with Gasteiger partial charge in [0.15, 0.2) is 6.23 Å². The van der Waals surface area contributed by atoms with E-state index in [0.29, 0.717) is 10.8 Å². The zero-order chi connectivity index (χ0) is 13.5. The minimum Gasteiger partial charge on any atom is -0.471 e. The van der Waals surface area contributed by atoms with Crippen molar-refractivity contribution in [3.05, 3.63) is 29.3 Å². The van der Waals surface area contributed by atoms with Gasteiger partial charge in [-0.25, -0.2) is 4.79 Å². The number of hydrogen-bond acceptors (Lipinski definition) is 2. The number of carbonyl (C=O) groups excluding carboxylic acids is 1. The summed E-state index contributed by atoms with van der Waals surface area (Å²) in [5.41, 5.74) is 0. The van der Waals surface area contributed by atoms with Gasteiger partial charge in [0, 0.05) is 11.1 Å². The third-order valence-electron chi connectivity index (χ3n) is 2.45. The highest BCUT2D eigenvalue weighted by atomic mass is 35.5. The first-order valence-electron chi connectivity index (χ1n) is 6.00. The number of halogens is 1. The first kappa shape index (κ1) is 14.6. The van der Waals surface area contributed by atoms with Gasteiger partial charge >= 0.3 is 6.03 Å². The fourth-order valence-corrected chi connectivity index (χ4v) is 1.42. The molecule has 0 fully saturated rings. The van der Waals surface area contributed by atoms with Crippen molar-refractivity contribution in [3.63, 3.8) is 0 Å². The van der Waals surface area contributed by atoms with Crippen molar-refractivity contribution in [2.75, 3.05) is 0 Å². The summed E-state index contributed by atoms with van der Waals surface area (Å²) in [5, 5.41) is 6.16. The molecular weight excluding hydrogens is 252 g/mol. The van der Waals surface area contributed by atoms with E-state index in [-0.39, 0.29) is 12.1 Å². The Balaban J connectivity index is 2.39. The SMILES string of the molecule is CCC(C)NC(=O)NC(C)Oc1ccc(Cl)cc1. The molecule has 0 aliphatic heterocycles. The summed E-state index contributed by atoms with van der Waals surface area (Å²) >= 11 is 5.77. The zero-order valence-electron chi connectivity index (χ0n) is 10.9. The molecule has 2 N–H and O–H groups in total. The van der Waals surface area contributed by atoms with Crippen LogP contribution < -0.4 is 15.4 Å². The molecule has 1 aromatic carbocycles. The van der Waals surface area contributed by atoms with Gasteiger partial charge in [-0.2, -0.15) is 0 Å². The van der Waals surface area contributed by atoms with E-state index in [1.165, 1.54) is 0 Å². The molecule has 2 amide bonds. The van der Waals surface area contributed by atoms with Gasteiger partial charge in [0.05, 0.1) is 0 Å². The van der Waals surface area contributed by atoms with Crippen molar-refractivity contribution < 1.29 is 9.53 Å². The van der Waals surface area contributed by atoms with Crippen LogP contribution in [0.15, 0.2) is 24.3 Å². The van der Waals surface area contributed by atoms with Crippen molar-refractivity contribution in [1.82, 2.24) is 10.6 Å². The van der Waals surface area contributed by atoms with E-state index in [4.69, 9.17) is 16.3 Å². The number of nitrogens with one attached hydrogen (secondary N) is 2. The topological polar surface area (TPSA) is 50.4 Å². The van der Waals surface area contributed by atoms with Crippen LogP contribution in [0.3, 0.4) is 0 Å². The van der Waals surface area contributed by atoms with Crippen LogP contribution in [0.4, 0.5) is 4.79 Å². The van der Waals surface area contributed by atoms with Gasteiger partial charge < -0.3 is 15.4 Å². The highest BCUT2D eigenvalue weighted by Crippen LogP contribution is 2.16.